The third-order valence-electron chi connectivity index (χ3n) is 3.36. The number of aromatic nitrogens is 1. The zero-order chi connectivity index (χ0) is 17.0. The molecule has 0 aliphatic carbocycles. The number of hydrogen-bond acceptors (Lipinski definition) is 5. The van der Waals surface area contributed by atoms with Gasteiger partial charge in [0.2, 0.25) is 11.8 Å². The van der Waals surface area contributed by atoms with Crippen molar-refractivity contribution < 1.29 is 9.32 Å². The molecule has 5 nitrogen and oxygen atoms in total. The minimum atomic E-state index is -0.103. The molecule has 7 heteroatoms. The maximum absolute atomic E-state index is 12.2. The molecule has 2 heterocycles. The molecule has 0 aliphatic rings. The largest absolute Gasteiger partial charge is 0.338 e. The average molecular weight is 400 g/mol. The molecule has 0 aliphatic heterocycles. The first-order chi connectivity index (χ1) is 10.8. The number of carbonyl (C=O) groups excluding carboxylic acids is 1. The summed E-state index contributed by atoms with van der Waals surface area (Å²) in [4.78, 5) is 15.5. The lowest BCUT2D eigenvalue weighted by Gasteiger charge is -2.18. The highest BCUT2D eigenvalue weighted by Gasteiger charge is 2.20. The number of hydrogen-bond donors (Lipinski definition) is 1. The quantitative estimate of drug-likeness (QED) is 0.788. The number of thiophene rings is 1. The number of likely N-dealkylation sites (N-methyl/N-ethyl adjacent to an activating group) is 1. The van der Waals surface area contributed by atoms with Crippen molar-refractivity contribution in [2.45, 2.75) is 39.7 Å². The van der Waals surface area contributed by atoms with Crippen LogP contribution in [-0.2, 0) is 16.8 Å². The fraction of sp³-hybridized carbons (Fsp3) is 0.500. The molecule has 0 fully saturated rings. The van der Waals surface area contributed by atoms with Crippen molar-refractivity contribution in [3.05, 3.63) is 32.6 Å². The number of nitrogens with zero attached hydrogens (tertiary/aromatic N) is 2. The highest BCUT2D eigenvalue weighted by molar-refractivity contribution is 9.11. The molecule has 1 N–H and O–H groups in total. The van der Waals surface area contributed by atoms with E-state index in [2.05, 4.69) is 58.1 Å². The van der Waals surface area contributed by atoms with E-state index in [0.29, 0.717) is 12.4 Å². The Balaban J connectivity index is 1.91. The van der Waals surface area contributed by atoms with Crippen molar-refractivity contribution in [2.24, 2.45) is 0 Å². The molecule has 0 saturated carbocycles. The summed E-state index contributed by atoms with van der Waals surface area (Å²) in [6, 6.07) is 5.88. The standard InChI is InChI=1S/C16H22BrN3O2S/c1-5-20(9-11-6-7-13(17)23-11)10-14(21)18-15-8-12(19-22-15)16(2,3)4/h6-8H,5,9-10H2,1-4H3,(H,18,21). The van der Waals surface area contributed by atoms with Crippen molar-refractivity contribution in [1.29, 1.82) is 0 Å². The van der Waals surface area contributed by atoms with E-state index in [4.69, 9.17) is 4.52 Å². The van der Waals surface area contributed by atoms with Gasteiger partial charge in [-0.25, -0.2) is 0 Å². The summed E-state index contributed by atoms with van der Waals surface area (Å²) in [5.74, 6) is 0.300. The molecule has 126 valence electrons. The van der Waals surface area contributed by atoms with Crippen LogP contribution in [-0.4, -0.2) is 29.1 Å². The molecule has 0 saturated heterocycles. The lowest BCUT2D eigenvalue weighted by Crippen LogP contribution is -2.32. The molecular weight excluding hydrogens is 378 g/mol. The van der Waals surface area contributed by atoms with Crippen molar-refractivity contribution in [2.75, 3.05) is 18.4 Å². The van der Waals surface area contributed by atoms with Crippen LogP contribution in [0, 0.1) is 0 Å². The minimum absolute atomic E-state index is 0.0981. The van der Waals surface area contributed by atoms with Gasteiger partial charge in [0.15, 0.2) is 0 Å². The monoisotopic (exact) mass is 399 g/mol. The normalized spacial score (nSPS) is 11.9. The van der Waals surface area contributed by atoms with Gasteiger partial charge in [-0.05, 0) is 34.6 Å². The SMILES string of the molecule is CCN(CC(=O)Nc1cc(C(C)(C)C)no1)Cc1ccc(Br)s1. The molecule has 2 aromatic heterocycles. The third kappa shape index (κ3) is 5.44. The molecular formula is C16H22BrN3O2S. The average Bonchev–Trinajstić information content (AvgIpc) is 3.06. The first-order valence-corrected chi connectivity index (χ1v) is 9.12. The number of nitrogens with one attached hydrogen (secondary N) is 1. The van der Waals surface area contributed by atoms with Gasteiger partial charge in [-0.2, -0.15) is 0 Å². The van der Waals surface area contributed by atoms with E-state index in [1.165, 1.54) is 4.88 Å². The van der Waals surface area contributed by atoms with Gasteiger partial charge in [-0.3, -0.25) is 15.0 Å². The Morgan fingerprint density at radius 2 is 2.17 bits per heavy atom. The molecule has 0 bridgehead atoms. The summed E-state index contributed by atoms with van der Waals surface area (Å²) in [7, 11) is 0. The molecule has 0 unspecified atom stereocenters. The third-order valence-corrected chi connectivity index (χ3v) is 4.97. The van der Waals surface area contributed by atoms with Crippen LogP contribution >= 0.6 is 27.3 Å². The zero-order valence-corrected chi connectivity index (χ0v) is 16.3. The van der Waals surface area contributed by atoms with Gasteiger partial charge in [0.25, 0.3) is 0 Å². The number of halogens is 1. The van der Waals surface area contributed by atoms with Gasteiger partial charge in [0, 0.05) is 22.9 Å². The second-order valence-electron chi connectivity index (χ2n) is 6.38. The second kappa shape index (κ2) is 7.59. The summed E-state index contributed by atoms with van der Waals surface area (Å²) in [6.45, 7) is 10.1. The van der Waals surface area contributed by atoms with Gasteiger partial charge in [-0.1, -0.05) is 32.9 Å². The summed E-state index contributed by atoms with van der Waals surface area (Å²) >= 11 is 5.14. The van der Waals surface area contributed by atoms with Crippen LogP contribution < -0.4 is 5.32 Å². The maximum Gasteiger partial charge on any atom is 0.240 e. The topological polar surface area (TPSA) is 58.4 Å². The summed E-state index contributed by atoms with van der Waals surface area (Å²) in [5, 5.41) is 6.78. The fourth-order valence-corrected chi connectivity index (χ4v) is 3.53. The Morgan fingerprint density at radius 3 is 2.70 bits per heavy atom. The Bertz CT molecular complexity index is 660. The van der Waals surface area contributed by atoms with Gasteiger partial charge >= 0.3 is 0 Å². The molecule has 0 radical (unpaired) electrons. The van der Waals surface area contributed by atoms with Gasteiger partial charge < -0.3 is 4.52 Å². The van der Waals surface area contributed by atoms with E-state index < -0.39 is 0 Å². The lowest BCUT2D eigenvalue weighted by molar-refractivity contribution is -0.117. The fourth-order valence-electron chi connectivity index (χ4n) is 2.00. The van der Waals surface area contributed by atoms with Gasteiger partial charge in [0.05, 0.1) is 16.0 Å². The predicted octanol–water partition coefficient (Wildman–Crippen LogP) is 4.26. The Labute approximate surface area is 149 Å². The van der Waals surface area contributed by atoms with E-state index >= 15 is 0 Å². The lowest BCUT2D eigenvalue weighted by atomic mass is 9.92. The summed E-state index contributed by atoms with van der Waals surface area (Å²) in [5.41, 5.74) is 0.720. The first-order valence-electron chi connectivity index (χ1n) is 7.51. The van der Waals surface area contributed by atoms with E-state index in [1.807, 2.05) is 13.0 Å². The Morgan fingerprint density at radius 1 is 1.43 bits per heavy atom. The highest BCUT2D eigenvalue weighted by Crippen LogP contribution is 2.24. The maximum atomic E-state index is 12.2. The number of carbonyl (C=O) groups is 1. The number of rotatable bonds is 6. The highest BCUT2D eigenvalue weighted by atomic mass is 79.9. The summed E-state index contributed by atoms with van der Waals surface area (Å²) < 4.78 is 6.30. The van der Waals surface area contributed by atoms with Crippen LogP contribution in [0.3, 0.4) is 0 Å². The van der Waals surface area contributed by atoms with Crippen LogP contribution in [0.25, 0.3) is 0 Å². The molecule has 0 spiro atoms. The molecule has 2 rings (SSSR count). The van der Waals surface area contributed by atoms with Crippen molar-refractivity contribution in [3.8, 4) is 0 Å². The van der Waals surface area contributed by atoms with E-state index in [-0.39, 0.29) is 11.3 Å². The molecule has 0 atom stereocenters. The number of anilines is 1. The van der Waals surface area contributed by atoms with Crippen LogP contribution in [0.1, 0.15) is 38.3 Å². The van der Waals surface area contributed by atoms with E-state index in [0.717, 1.165) is 22.6 Å². The van der Waals surface area contributed by atoms with Gasteiger partial charge in [0.1, 0.15) is 0 Å². The molecule has 1 amide bonds. The molecule has 0 aromatic carbocycles. The van der Waals surface area contributed by atoms with E-state index in [9.17, 15) is 4.79 Å². The van der Waals surface area contributed by atoms with Crippen molar-refractivity contribution in [1.82, 2.24) is 10.1 Å². The first kappa shape index (κ1) is 18.2. The number of amides is 1. The second-order valence-corrected chi connectivity index (χ2v) is 8.93. The van der Waals surface area contributed by atoms with Crippen molar-refractivity contribution >= 4 is 39.1 Å². The molecule has 23 heavy (non-hydrogen) atoms. The Hall–Kier alpha value is -1.18. The van der Waals surface area contributed by atoms with Crippen LogP contribution in [0.15, 0.2) is 26.5 Å². The molecule has 2 aromatic rings. The summed E-state index contributed by atoms with van der Waals surface area (Å²) in [6.07, 6.45) is 0. The van der Waals surface area contributed by atoms with Gasteiger partial charge in [-0.15, -0.1) is 11.3 Å². The van der Waals surface area contributed by atoms with Crippen molar-refractivity contribution in [3.63, 3.8) is 0 Å². The minimum Gasteiger partial charge on any atom is -0.338 e. The van der Waals surface area contributed by atoms with E-state index in [1.54, 1.807) is 17.4 Å². The predicted molar refractivity (Wildman–Crippen MR) is 96.8 cm³/mol. The van der Waals surface area contributed by atoms with Crippen LogP contribution in [0.5, 0.6) is 0 Å². The van der Waals surface area contributed by atoms with Crippen LogP contribution in [0.4, 0.5) is 5.88 Å². The Kier molecular flexibility index (Phi) is 6.00. The smallest absolute Gasteiger partial charge is 0.240 e. The van der Waals surface area contributed by atoms with Crippen LogP contribution in [0.2, 0.25) is 0 Å². The zero-order valence-electron chi connectivity index (χ0n) is 13.9.